The molecule has 1 aromatic carbocycles. The van der Waals surface area contributed by atoms with Crippen molar-refractivity contribution >= 4 is 33.2 Å². The molecule has 0 heterocycles. The Morgan fingerprint density at radius 2 is 2.12 bits per heavy atom. The quantitative estimate of drug-likeness (QED) is 0.861. The van der Waals surface area contributed by atoms with Crippen LogP contribution in [0.25, 0.3) is 0 Å². The van der Waals surface area contributed by atoms with Crippen LogP contribution in [0.1, 0.15) is 25.7 Å². The summed E-state index contributed by atoms with van der Waals surface area (Å²) in [5.41, 5.74) is 0.173. The first-order valence-corrected chi connectivity index (χ1v) is 10.2. The van der Waals surface area contributed by atoms with Gasteiger partial charge >= 0.3 is 0 Å². The van der Waals surface area contributed by atoms with E-state index in [9.17, 15) is 17.6 Å². The summed E-state index contributed by atoms with van der Waals surface area (Å²) < 4.78 is 38.3. The number of fused-ring (bicyclic) bond motifs is 2. The fourth-order valence-electron chi connectivity index (χ4n) is 3.84. The Labute approximate surface area is 146 Å². The van der Waals surface area contributed by atoms with Crippen molar-refractivity contribution in [3.05, 3.63) is 29.0 Å². The maximum Gasteiger partial charge on any atom is 0.241 e. The first-order valence-electron chi connectivity index (χ1n) is 7.96. The van der Waals surface area contributed by atoms with Gasteiger partial charge in [0.2, 0.25) is 15.9 Å². The lowest BCUT2D eigenvalue weighted by Crippen LogP contribution is -2.45. The van der Waals surface area contributed by atoms with Crippen molar-refractivity contribution in [3.63, 3.8) is 0 Å². The molecule has 1 amide bonds. The van der Waals surface area contributed by atoms with E-state index in [1.165, 1.54) is 18.6 Å². The van der Waals surface area contributed by atoms with E-state index in [1.807, 2.05) is 0 Å². The van der Waals surface area contributed by atoms with Crippen molar-refractivity contribution in [2.24, 2.45) is 11.8 Å². The maximum absolute atomic E-state index is 13.3. The number of rotatable bonds is 5. The van der Waals surface area contributed by atoms with Gasteiger partial charge in [0.25, 0.3) is 0 Å². The van der Waals surface area contributed by atoms with E-state index in [2.05, 4.69) is 5.32 Å². The van der Waals surface area contributed by atoms with Crippen LogP contribution >= 0.6 is 11.6 Å². The average molecular weight is 375 g/mol. The minimum atomic E-state index is -3.70. The van der Waals surface area contributed by atoms with Gasteiger partial charge in [-0.05, 0) is 49.3 Å². The number of carbonyl (C=O) groups excluding carboxylic acids is 1. The van der Waals surface area contributed by atoms with E-state index in [4.69, 9.17) is 11.6 Å². The fourth-order valence-corrected chi connectivity index (χ4v) is 4.87. The predicted molar refractivity (Wildman–Crippen MR) is 91.0 cm³/mol. The predicted octanol–water partition coefficient (Wildman–Crippen LogP) is 2.55. The second-order valence-electron chi connectivity index (χ2n) is 6.72. The van der Waals surface area contributed by atoms with E-state index in [-0.39, 0.29) is 29.2 Å². The Kier molecular flexibility index (Phi) is 4.75. The zero-order valence-corrected chi connectivity index (χ0v) is 14.9. The molecule has 0 aliphatic heterocycles. The summed E-state index contributed by atoms with van der Waals surface area (Å²) in [6.07, 6.45) is 5.47. The highest BCUT2D eigenvalue weighted by Crippen LogP contribution is 2.44. The zero-order chi connectivity index (χ0) is 17.5. The molecule has 3 atom stereocenters. The number of hydrogen-bond donors (Lipinski definition) is 1. The van der Waals surface area contributed by atoms with Gasteiger partial charge in [-0.1, -0.05) is 18.0 Å². The third-order valence-electron chi connectivity index (χ3n) is 4.96. The maximum atomic E-state index is 13.3. The number of nitrogens with zero attached hydrogens (tertiary/aromatic N) is 1. The normalized spacial score (nSPS) is 25.7. The molecule has 2 saturated carbocycles. The molecule has 1 aromatic rings. The molecule has 0 spiro atoms. The van der Waals surface area contributed by atoms with Crippen LogP contribution in [0.2, 0.25) is 5.02 Å². The number of anilines is 1. The molecule has 8 heteroatoms. The van der Waals surface area contributed by atoms with Gasteiger partial charge in [0.05, 0.1) is 17.0 Å². The van der Waals surface area contributed by atoms with Crippen molar-refractivity contribution in [3.8, 4) is 0 Å². The van der Waals surface area contributed by atoms with Crippen LogP contribution in [0.15, 0.2) is 18.2 Å². The Hall–Kier alpha value is -1.34. The van der Waals surface area contributed by atoms with Crippen molar-refractivity contribution in [2.75, 3.05) is 17.1 Å². The number of amides is 1. The Morgan fingerprint density at radius 3 is 2.67 bits per heavy atom. The molecule has 5 nitrogen and oxygen atoms in total. The van der Waals surface area contributed by atoms with E-state index in [0.717, 1.165) is 35.9 Å². The van der Waals surface area contributed by atoms with Gasteiger partial charge in [-0.3, -0.25) is 9.10 Å². The first kappa shape index (κ1) is 17.5. The molecule has 3 rings (SSSR count). The summed E-state index contributed by atoms with van der Waals surface area (Å²) >= 11 is 5.73. The van der Waals surface area contributed by atoms with Crippen molar-refractivity contribution in [2.45, 2.75) is 31.7 Å². The lowest BCUT2D eigenvalue weighted by molar-refractivity contribution is -0.120. The van der Waals surface area contributed by atoms with Gasteiger partial charge in [0, 0.05) is 6.04 Å². The molecule has 0 radical (unpaired) electrons. The summed E-state index contributed by atoms with van der Waals surface area (Å²) in [6, 6.07) is 3.73. The van der Waals surface area contributed by atoms with Crippen molar-refractivity contribution in [1.29, 1.82) is 0 Å². The molecule has 2 fully saturated rings. The van der Waals surface area contributed by atoms with Gasteiger partial charge in [0.15, 0.2) is 0 Å². The lowest BCUT2D eigenvalue weighted by atomic mass is 9.95. The molecule has 0 unspecified atom stereocenters. The number of sulfonamides is 1. The van der Waals surface area contributed by atoms with Gasteiger partial charge < -0.3 is 5.32 Å². The highest BCUT2D eigenvalue weighted by atomic mass is 35.5. The van der Waals surface area contributed by atoms with E-state index >= 15 is 0 Å². The molecule has 132 valence electrons. The zero-order valence-electron chi connectivity index (χ0n) is 13.3. The van der Waals surface area contributed by atoms with E-state index < -0.39 is 15.8 Å². The number of hydrogen-bond acceptors (Lipinski definition) is 3. The van der Waals surface area contributed by atoms with Gasteiger partial charge in [-0.15, -0.1) is 0 Å². The highest BCUT2D eigenvalue weighted by molar-refractivity contribution is 7.92. The number of carbonyl (C=O) groups is 1. The Bertz CT molecular complexity index is 756. The standard InChI is InChI=1S/C16H20ClFN2O3S/c1-24(22,23)20(12-4-5-14(18)13(17)8-12)9-16(21)19-15-7-10-2-3-11(15)6-10/h4-5,8,10-11,15H,2-3,6-7,9H2,1H3,(H,19,21)/t10-,11-,15+/m0/s1. The Morgan fingerprint density at radius 1 is 1.38 bits per heavy atom. The summed E-state index contributed by atoms with van der Waals surface area (Å²) in [4.78, 5) is 12.3. The fraction of sp³-hybridized carbons (Fsp3) is 0.562. The van der Waals surface area contributed by atoms with Gasteiger partial charge in [-0.2, -0.15) is 0 Å². The minimum absolute atomic E-state index is 0.134. The van der Waals surface area contributed by atoms with Crippen LogP contribution in [0, 0.1) is 17.7 Å². The molecule has 2 bridgehead atoms. The number of halogens is 2. The molecular formula is C16H20ClFN2O3S. The van der Waals surface area contributed by atoms with Crippen LogP contribution in [-0.2, 0) is 14.8 Å². The topological polar surface area (TPSA) is 66.5 Å². The molecule has 24 heavy (non-hydrogen) atoms. The monoisotopic (exact) mass is 374 g/mol. The lowest BCUT2D eigenvalue weighted by Gasteiger charge is -2.26. The van der Waals surface area contributed by atoms with E-state index in [0.29, 0.717) is 11.8 Å². The SMILES string of the molecule is CS(=O)(=O)N(CC(=O)N[C@@H]1C[C@H]2CC[C@H]1C2)c1ccc(F)c(Cl)c1. The van der Waals surface area contributed by atoms with Crippen molar-refractivity contribution in [1.82, 2.24) is 5.32 Å². The molecule has 2 aliphatic carbocycles. The van der Waals surface area contributed by atoms with Crippen molar-refractivity contribution < 1.29 is 17.6 Å². The highest BCUT2D eigenvalue weighted by Gasteiger charge is 2.40. The van der Waals surface area contributed by atoms with Gasteiger partial charge in [0.1, 0.15) is 12.4 Å². The third kappa shape index (κ3) is 3.67. The molecule has 0 aromatic heterocycles. The second kappa shape index (κ2) is 6.52. The smallest absolute Gasteiger partial charge is 0.241 e. The van der Waals surface area contributed by atoms with Gasteiger partial charge in [-0.25, -0.2) is 12.8 Å². The average Bonchev–Trinajstić information content (AvgIpc) is 3.09. The van der Waals surface area contributed by atoms with Crippen LogP contribution in [0.3, 0.4) is 0 Å². The second-order valence-corrected chi connectivity index (χ2v) is 9.03. The van der Waals surface area contributed by atoms with Crippen LogP contribution in [0.5, 0.6) is 0 Å². The Balaban J connectivity index is 1.72. The third-order valence-corrected chi connectivity index (χ3v) is 6.39. The molecule has 0 saturated heterocycles. The number of benzene rings is 1. The van der Waals surface area contributed by atoms with Crippen LogP contribution in [0.4, 0.5) is 10.1 Å². The summed E-state index contributed by atoms with van der Waals surface area (Å²) in [5.74, 6) is 0.201. The van der Waals surface area contributed by atoms with Crippen LogP contribution < -0.4 is 9.62 Å². The molecular weight excluding hydrogens is 355 g/mol. The minimum Gasteiger partial charge on any atom is -0.352 e. The largest absolute Gasteiger partial charge is 0.352 e. The summed E-state index contributed by atoms with van der Waals surface area (Å²) in [6.45, 7) is -0.339. The molecule has 2 aliphatic rings. The first-order chi connectivity index (χ1) is 11.2. The summed E-state index contributed by atoms with van der Waals surface area (Å²) in [7, 11) is -3.70. The van der Waals surface area contributed by atoms with Crippen LogP contribution in [-0.4, -0.2) is 33.2 Å². The number of nitrogens with one attached hydrogen (secondary N) is 1. The molecule has 1 N–H and O–H groups in total. The summed E-state index contributed by atoms with van der Waals surface area (Å²) in [5, 5.41) is 2.77. The van der Waals surface area contributed by atoms with E-state index in [1.54, 1.807) is 0 Å².